The molecule has 1 aliphatic rings. The van der Waals surface area contributed by atoms with Gasteiger partial charge in [0.15, 0.2) is 5.16 Å². The van der Waals surface area contributed by atoms with E-state index in [1.807, 2.05) is 23.1 Å². The van der Waals surface area contributed by atoms with Crippen LogP contribution in [0.1, 0.15) is 6.92 Å². The maximum Gasteiger partial charge on any atom is 0.237 e. The number of piperazine rings is 1. The van der Waals surface area contributed by atoms with E-state index in [1.165, 1.54) is 17.4 Å². The summed E-state index contributed by atoms with van der Waals surface area (Å²) in [5, 5.41) is 9.51. The zero-order chi connectivity index (χ0) is 20.5. The maximum atomic E-state index is 12.8. The van der Waals surface area contributed by atoms with Gasteiger partial charge in [0.05, 0.1) is 16.8 Å². The largest absolute Gasteiger partial charge is 0.368 e. The summed E-state index contributed by atoms with van der Waals surface area (Å²) in [5.74, 6) is 1.35. The molecule has 0 aliphatic carbocycles. The molecule has 4 aromatic rings. The molecule has 3 heterocycles. The van der Waals surface area contributed by atoms with Gasteiger partial charge in [-0.3, -0.25) is 9.20 Å². The lowest BCUT2D eigenvalue weighted by atomic mass is 10.2. The molecule has 1 saturated heterocycles. The Morgan fingerprint density at radius 1 is 0.933 bits per heavy atom. The molecule has 0 bridgehead atoms. The summed E-state index contributed by atoms with van der Waals surface area (Å²) in [7, 11) is 0. The molecule has 154 valence electrons. The topological polar surface area (TPSA) is 58.7 Å². The Morgan fingerprint density at radius 2 is 1.63 bits per heavy atom. The number of aryl methyl sites for hydroxylation is 1. The number of fused-ring (bicyclic) bond motifs is 3. The predicted molar refractivity (Wildman–Crippen MR) is 120 cm³/mol. The van der Waals surface area contributed by atoms with Gasteiger partial charge in [0.25, 0.3) is 0 Å². The van der Waals surface area contributed by atoms with Gasteiger partial charge in [0.1, 0.15) is 0 Å². The molecule has 0 saturated carbocycles. The summed E-state index contributed by atoms with van der Waals surface area (Å²) >= 11 is 1.47. The van der Waals surface area contributed by atoms with Gasteiger partial charge in [0, 0.05) is 38.4 Å². The lowest BCUT2D eigenvalue weighted by Gasteiger charge is -2.36. The minimum Gasteiger partial charge on any atom is -0.368 e. The molecule has 0 spiro atoms. The molecule has 0 N–H and O–H groups in total. The fourth-order valence-electron chi connectivity index (χ4n) is 4.11. The van der Waals surface area contributed by atoms with Gasteiger partial charge >= 0.3 is 0 Å². The van der Waals surface area contributed by atoms with Crippen molar-refractivity contribution in [2.45, 2.75) is 18.6 Å². The molecule has 1 amide bonds. The van der Waals surface area contributed by atoms with Crippen LogP contribution in [0.4, 0.5) is 5.69 Å². The van der Waals surface area contributed by atoms with Crippen LogP contribution in [0.15, 0.2) is 59.8 Å². The van der Waals surface area contributed by atoms with Crippen LogP contribution in [0.2, 0.25) is 0 Å². The van der Waals surface area contributed by atoms with Gasteiger partial charge in [0.2, 0.25) is 11.7 Å². The molecular formula is C22H24N6OS. The average Bonchev–Trinajstić information content (AvgIpc) is 3.36. The Balaban J connectivity index is 1.27. The van der Waals surface area contributed by atoms with Crippen LogP contribution in [0.25, 0.3) is 16.8 Å². The predicted octanol–water partition coefficient (Wildman–Crippen LogP) is 3.14. The molecule has 2 aromatic carbocycles. The second kappa shape index (κ2) is 8.02. The van der Waals surface area contributed by atoms with Crippen LogP contribution < -0.4 is 4.90 Å². The lowest BCUT2D eigenvalue weighted by molar-refractivity contribution is -0.128. The second-order valence-corrected chi connectivity index (χ2v) is 8.29. The second-order valence-electron chi connectivity index (χ2n) is 7.34. The summed E-state index contributed by atoms with van der Waals surface area (Å²) in [6, 6.07) is 18.6. The number of hydrogen-bond acceptors (Lipinski definition) is 5. The number of aromatic nitrogens is 4. The molecule has 2 aromatic heterocycles. The summed E-state index contributed by atoms with van der Waals surface area (Å²) in [5.41, 5.74) is 3.43. The van der Waals surface area contributed by atoms with E-state index in [1.54, 1.807) is 0 Å². The van der Waals surface area contributed by atoms with Crippen LogP contribution in [0, 0.1) is 0 Å². The third kappa shape index (κ3) is 3.31. The minimum absolute atomic E-state index is 0.156. The first kappa shape index (κ1) is 19.0. The number of carbonyl (C=O) groups is 1. The fourth-order valence-corrected chi connectivity index (χ4v) is 4.96. The van der Waals surface area contributed by atoms with Crippen molar-refractivity contribution in [3.8, 4) is 0 Å². The van der Waals surface area contributed by atoms with E-state index in [4.69, 9.17) is 0 Å². The normalized spacial score (nSPS) is 14.7. The Hall–Kier alpha value is -3.00. The third-order valence-corrected chi connectivity index (χ3v) is 6.58. The highest BCUT2D eigenvalue weighted by atomic mass is 32.2. The number of carbonyl (C=O) groups excluding carboxylic acids is 1. The van der Waals surface area contributed by atoms with Crippen molar-refractivity contribution < 1.29 is 4.79 Å². The molecule has 7 nitrogen and oxygen atoms in total. The monoisotopic (exact) mass is 420 g/mol. The molecule has 0 radical (unpaired) electrons. The quantitative estimate of drug-likeness (QED) is 0.464. The standard InChI is InChI=1S/C22H24N6OS/c1-2-27-18-10-6-7-11-19(18)28-21(27)23-24-22(28)30-16-20(29)26-14-12-25(13-15-26)17-8-4-3-5-9-17/h3-11H,2,12-16H2,1H3. The SMILES string of the molecule is CCn1c2ccccc2n2c(SCC(=O)N3CCN(c4ccccc4)CC3)nnc12. The zero-order valence-corrected chi connectivity index (χ0v) is 17.8. The van der Waals surface area contributed by atoms with Gasteiger partial charge < -0.3 is 14.4 Å². The van der Waals surface area contributed by atoms with E-state index in [-0.39, 0.29) is 5.91 Å². The van der Waals surface area contributed by atoms with E-state index in [0.29, 0.717) is 5.75 Å². The van der Waals surface area contributed by atoms with Crippen molar-refractivity contribution >= 4 is 40.2 Å². The molecule has 0 unspecified atom stereocenters. The van der Waals surface area contributed by atoms with Crippen LogP contribution in [0.5, 0.6) is 0 Å². The summed E-state index contributed by atoms with van der Waals surface area (Å²) in [6.45, 7) is 6.15. The van der Waals surface area contributed by atoms with Crippen molar-refractivity contribution in [1.82, 2.24) is 24.1 Å². The molecule has 1 aliphatic heterocycles. The summed E-state index contributed by atoms with van der Waals surface area (Å²) < 4.78 is 4.21. The molecule has 1 fully saturated rings. The number of amides is 1. The maximum absolute atomic E-state index is 12.8. The Kier molecular flexibility index (Phi) is 5.08. The van der Waals surface area contributed by atoms with Crippen molar-refractivity contribution in [3.63, 3.8) is 0 Å². The first-order valence-electron chi connectivity index (χ1n) is 10.3. The van der Waals surface area contributed by atoms with Gasteiger partial charge in [-0.2, -0.15) is 0 Å². The van der Waals surface area contributed by atoms with E-state index in [0.717, 1.165) is 54.7 Å². The molecule has 30 heavy (non-hydrogen) atoms. The zero-order valence-electron chi connectivity index (χ0n) is 16.9. The van der Waals surface area contributed by atoms with Gasteiger partial charge in [-0.25, -0.2) is 0 Å². The van der Waals surface area contributed by atoms with E-state index in [9.17, 15) is 4.79 Å². The highest BCUT2D eigenvalue weighted by molar-refractivity contribution is 7.99. The number of hydrogen-bond donors (Lipinski definition) is 0. The van der Waals surface area contributed by atoms with Crippen molar-refractivity contribution in [1.29, 1.82) is 0 Å². The average molecular weight is 421 g/mol. The number of thioether (sulfide) groups is 1. The minimum atomic E-state index is 0.156. The van der Waals surface area contributed by atoms with Gasteiger partial charge in [-0.05, 0) is 31.2 Å². The lowest BCUT2D eigenvalue weighted by Crippen LogP contribution is -2.49. The molecule has 8 heteroatoms. The molecule has 0 atom stereocenters. The van der Waals surface area contributed by atoms with Crippen LogP contribution in [0.3, 0.4) is 0 Å². The number of nitrogens with zero attached hydrogens (tertiary/aromatic N) is 6. The van der Waals surface area contributed by atoms with Crippen molar-refractivity contribution in [3.05, 3.63) is 54.6 Å². The Bertz CT molecular complexity index is 1180. The Morgan fingerprint density at radius 3 is 2.37 bits per heavy atom. The molecular weight excluding hydrogens is 396 g/mol. The Labute approximate surface area is 179 Å². The fraction of sp³-hybridized carbons (Fsp3) is 0.318. The first-order chi connectivity index (χ1) is 14.8. The molecule has 5 rings (SSSR count). The highest BCUT2D eigenvalue weighted by Crippen LogP contribution is 2.26. The number of imidazole rings is 1. The van der Waals surface area contributed by atoms with Crippen molar-refractivity contribution in [2.75, 3.05) is 36.8 Å². The van der Waals surface area contributed by atoms with Gasteiger partial charge in [-0.15, -0.1) is 10.2 Å². The summed E-state index contributed by atoms with van der Waals surface area (Å²) in [6.07, 6.45) is 0. The van der Waals surface area contributed by atoms with Crippen LogP contribution in [-0.2, 0) is 11.3 Å². The van der Waals surface area contributed by atoms with Gasteiger partial charge in [-0.1, -0.05) is 42.1 Å². The number of benzene rings is 2. The number of rotatable bonds is 5. The first-order valence-corrected chi connectivity index (χ1v) is 11.3. The van der Waals surface area contributed by atoms with E-state index < -0.39 is 0 Å². The number of para-hydroxylation sites is 3. The highest BCUT2D eigenvalue weighted by Gasteiger charge is 2.23. The number of anilines is 1. The van der Waals surface area contributed by atoms with Crippen LogP contribution in [-0.4, -0.2) is 61.9 Å². The third-order valence-electron chi connectivity index (χ3n) is 5.67. The van der Waals surface area contributed by atoms with Crippen molar-refractivity contribution in [2.24, 2.45) is 0 Å². The van der Waals surface area contributed by atoms with E-state index in [2.05, 4.69) is 67.4 Å². The summed E-state index contributed by atoms with van der Waals surface area (Å²) in [4.78, 5) is 17.1. The van der Waals surface area contributed by atoms with E-state index >= 15 is 0 Å². The smallest absolute Gasteiger partial charge is 0.237 e. The van der Waals surface area contributed by atoms with Crippen LogP contribution >= 0.6 is 11.8 Å².